The Morgan fingerprint density at radius 2 is 1.79 bits per heavy atom. The Kier molecular flexibility index (Phi) is 6.28. The van der Waals surface area contributed by atoms with Crippen LogP contribution in [0.25, 0.3) is 21.3 Å². The zero-order valence-electron chi connectivity index (χ0n) is 14.7. The lowest BCUT2D eigenvalue weighted by Gasteiger charge is -2.09. The largest absolute Gasteiger partial charge is 0.465 e. The Labute approximate surface area is 180 Å². The number of nitrogens with one attached hydrogen (secondary N) is 1. The van der Waals surface area contributed by atoms with Gasteiger partial charge in [-0.2, -0.15) is 0 Å². The maximum absolute atomic E-state index is 11.6. The van der Waals surface area contributed by atoms with Gasteiger partial charge in [-0.3, -0.25) is 0 Å². The van der Waals surface area contributed by atoms with E-state index in [0.29, 0.717) is 5.56 Å². The summed E-state index contributed by atoms with van der Waals surface area (Å²) < 4.78 is 5.77. The number of fused-ring (bicyclic) bond motifs is 1. The van der Waals surface area contributed by atoms with Crippen LogP contribution < -0.4 is 5.32 Å². The first kappa shape index (κ1) is 20.3. The van der Waals surface area contributed by atoms with Crippen LogP contribution in [0.1, 0.15) is 10.4 Å². The van der Waals surface area contributed by atoms with Crippen LogP contribution in [0.5, 0.6) is 0 Å². The summed E-state index contributed by atoms with van der Waals surface area (Å²) >= 11 is 5.05. The van der Waals surface area contributed by atoms with E-state index in [0.717, 1.165) is 37.3 Å². The van der Waals surface area contributed by atoms with Gasteiger partial charge in [0.1, 0.15) is 17.0 Å². The maximum Gasteiger partial charge on any atom is 0.337 e. The molecule has 0 aliphatic rings. The van der Waals surface area contributed by atoms with Crippen molar-refractivity contribution in [1.29, 1.82) is 0 Å². The number of nitrogens with zero attached hydrogens (tertiary/aromatic N) is 2. The number of halogens is 2. The molecule has 0 spiro atoms. The van der Waals surface area contributed by atoms with Crippen molar-refractivity contribution in [2.45, 2.75) is 0 Å². The lowest BCUT2D eigenvalue weighted by Crippen LogP contribution is -2.01. The van der Waals surface area contributed by atoms with Crippen LogP contribution in [0.4, 0.5) is 11.5 Å². The van der Waals surface area contributed by atoms with Gasteiger partial charge < -0.3 is 10.1 Å². The molecule has 1 N–H and O–H groups in total. The Balaban J connectivity index is 0.00000225. The van der Waals surface area contributed by atoms with Crippen molar-refractivity contribution in [3.8, 4) is 11.1 Å². The van der Waals surface area contributed by atoms with Gasteiger partial charge in [0, 0.05) is 21.1 Å². The minimum absolute atomic E-state index is 0. The van der Waals surface area contributed by atoms with Gasteiger partial charge in [0.25, 0.3) is 0 Å². The molecule has 2 aromatic carbocycles. The molecule has 0 fully saturated rings. The van der Waals surface area contributed by atoms with E-state index < -0.39 is 0 Å². The van der Waals surface area contributed by atoms with E-state index in [1.807, 2.05) is 24.3 Å². The van der Waals surface area contributed by atoms with Crippen molar-refractivity contribution in [3.05, 3.63) is 70.3 Å². The molecule has 0 bridgehead atoms. The fraction of sp³-hybridized carbons (Fsp3) is 0.0500. The maximum atomic E-state index is 11.6. The summed E-state index contributed by atoms with van der Waals surface area (Å²) in [6.45, 7) is 0. The van der Waals surface area contributed by atoms with Crippen molar-refractivity contribution >= 4 is 67.4 Å². The second-order valence-corrected chi connectivity index (χ2v) is 7.53. The fourth-order valence-electron chi connectivity index (χ4n) is 2.76. The van der Waals surface area contributed by atoms with Crippen molar-refractivity contribution in [3.63, 3.8) is 0 Å². The number of benzene rings is 2. The minimum Gasteiger partial charge on any atom is -0.465 e. The molecule has 2 aromatic heterocycles. The van der Waals surface area contributed by atoms with Gasteiger partial charge in [0.15, 0.2) is 0 Å². The second-order valence-electron chi connectivity index (χ2n) is 5.75. The van der Waals surface area contributed by atoms with Crippen LogP contribution in [-0.4, -0.2) is 23.0 Å². The molecule has 0 radical (unpaired) electrons. The molecule has 0 atom stereocenters. The summed E-state index contributed by atoms with van der Waals surface area (Å²) in [6, 6.07) is 15.2. The van der Waals surface area contributed by atoms with Crippen molar-refractivity contribution in [1.82, 2.24) is 9.97 Å². The summed E-state index contributed by atoms with van der Waals surface area (Å²) in [7, 11) is 1.37. The van der Waals surface area contributed by atoms with Crippen LogP contribution in [0.2, 0.25) is 0 Å². The van der Waals surface area contributed by atoms with Gasteiger partial charge in [0.05, 0.1) is 18.1 Å². The molecule has 4 aromatic rings. The Morgan fingerprint density at radius 1 is 1.07 bits per heavy atom. The smallest absolute Gasteiger partial charge is 0.337 e. The van der Waals surface area contributed by atoms with Crippen molar-refractivity contribution in [2.24, 2.45) is 0 Å². The topological polar surface area (TPSA) is 64.1 Å². The molecule has 0 aliphatic heterocycles. The minimum atomic E-state index is -0.360. The number of hydrogen-bond acceptors (Lipinski definition) is 6. The normalized spacial score (nSPS) is 10.4. The molecule has 0 unspecified atom stereocenters. The highest BCUT2D eigenvalue weighted by molar-refractivity contribution is 9.10. The van der Waals surface area contributed by atoms with Crippen LogP contribution >= 0.6 is 39.7 Å². The first-order valence-corrected chi connectivity index (χ1v) is 9.76. The quantitative estimate of drug-likeness (QED) is 0.362. The molecular formula is C20H15BrClN3O2S. The molecule has 0 saturated heterocycles. The highest BCUT2D eigenvalue weighted by Crippen LogP contribution is 2.37. The highest BCUT2D eigenvalue weighted by Gasteiger charge is 2.13. The molecule has 0 aliphatic carbocycles. The zero-order valence-corrected chi connectivity index (χ0v) is 17.9. The molecule has 8 heteroatoms. The first-order chi connectivity index (χ1) is 13.2. The Hall–Kier alpha value is -2.48. The third kappa shape index (κ3) is 4.01. The number of carbonyl (C=O) groups is 1. The summed E-state index contributed by atoms with van der Waals surface area (Å²) in [5, 5.41) is 6.40. The monoisotopic (exact) mass is 475 g/mol. The number of hydrogen-bond donors (Lipinski definition) is 1. The molecule has 5 nitrogen and oxygen atoms in total. The van der Waals surface area contributed by atoms with Gasteiger partial charge >= 0.3 is 5.97 Å². The Bertz CT molecular complexity index is 1110. The van der Waals surface area contributed by atoms with Gasteiger partial charge in [-0.25, -0.2) is 14.8 Å². The van der Waals surface area contributed by atoms with Gasteiger partial charge in [0.2, 0.25) is 0 Å². The van der Waals surface area contributed by atoms with Gasteiger partial charge in [-0.05, 0) is 42.0 Å². The summed E-state index contributed by atoms with van der Waals surface area (Å²) in [5.74, 6) is 0.367. The highest BCUT2D eigenvalue weighted by atomic mass is 79.9. The molecule has 142 valence electrons. The second kappa shape index (κ2) is 8.68. The average molecular weight is 477 g/mol. The van der Waals surface area contributed by atoms with E-state index in [9.17, 15) is 4.79 Å². The van der Waals surface area contributed by atoms with Crippen LogP contribution in [-0.2, 0) is 4.74 Å². The number of ether oxygens (including phenoxy) is 1. The van der Waals surface area contributed by atoms with E-state index in [4.69, 9.17) is 4.74 Å². The number of esters is 1. The van der Waals surface area contributed by atoms with Crippen molar-refractivity contribution in [2.75, 3.05) is 12.4 Å². The summed E-state index contributed by atoms with van der Waals surface area (Å²) in [6.07, 6.45) is 1.55. The average Bonchev–Trinajstić information content (AvgIpc) is 3.14. The number of rotatable bonds is 4. The number of methoxy groups -OCH3 is 1. The third-order valence-corrected chi connectivity index (χ3v) is 5.51. The van der Waals surface area contributed by atoms with Crippen LogP contribution in [0.15, 0.2) is 64.7 Å². The summed E-state index contributed by atoms with van der Waals surface area (Å²) in [4.78, 5) is 21.3. The lowest BCUT2D eigenvalue weighted by atomic mass is 10.1. The molecule has 0 saturated carbocycles. The van der Waals surface area contributed by atoms with E-state index in [1.54, 1.807) is 29.8 Å². The lowest BCUT2D eigenvalue weighted by molar-refractivity contribution is 0.0601. The first-order valence-electron chi connectivity index (χ1n) is 8.09. The number of aromatic nitrogens is 2. The number of anilines is 2. The molecule has 28 heavy (non-hydrogen) atoms. The van der Waals surface area contributed by atoms with Gasteiger partial charge in [-0.1, -0.05) is 28.1 Å². The SMILES string of the molecule is COC(=O)c1ccc(Nc2ncnc3scc(-c4ccc(Br)cc4)c23)cc1.Cl. The van der Waals surface area contributed by atoms with E-state index >= 15 is 0 Å². The fourth-order valence-corrected chi connectivity index (χ4v) is 3.94. The van der Waals surface area contributed by atoms with Gasteiger partial charge in [-0.15, -0.1) is 23.7 Å². The van der Waals surface area contributed by atoms with E-state index in [1.165, 1.54) is 7.11 Å². The standard InChI is InChI=1S/C20H14BrN3O2S.ClH/c1-26-20(25)13-4-8-15(9-5-13)24-18-17-16(10-27-19(17)23-11-22-18)12-2-6-14(21)7-3-12;/h2-11H,1H3,(H,22,23,24);1H. The van der Waals surface area contributed by atoms with E-state index in [-0.39, 0.29) is 18.4 Å². The van der Waals surface area contributed by atoms with Crippen molar-refractivity contribution < 1.29 is 9.53 Å². The number of thiophene rings is 1. The zero-order chi connectivity index (χ0) is 18.8. The van der Waals surface area contributed by atoms with Crippen LogP contribution in [0.3, 0.4) is 0 Å². The molecule has 2 heterocycles. The molecular weight excluding hydrogens is 462 g/mol. The third-order valence-electron chi connectivity index (χ3n) is 4.09. The molecule has 0 amide bonds. The Morgan fingerprint density at radius 3 is 2.46 bits per heavy atom. The predicted octanol–water partition coefficient (Wildman–Crippen LogP) is 6.07. The molecule has 4 rings (SSSR count). The van der Waals surface area contributed by atoms with Crippen LogP contribution in [0, 0.1) is 0 Å². The number of carbonyl (C=O) groups excluding carboxylic acids is 1. The van der Waals surface area contributed by atoms with E-state index in [2.05, 4.69) is 48.7 Å². The summed E-state index contributed by atoms with van der Waals surface area (Å²) in [5.41, 5.74) is 3.51. The predicted molar refractivity (Wildman–Crippen MR) is 119 cm³/mol.